The summed E-state index contributed by atoms with van der Waals surface area (Å²) in [5.74, 6) is -0.647. The van der Waals surface area contributed by atoms with Gasteiger partial charge in [0.15, 0.2) is 0 Å². The molecule has 6 aliphatic rings. The summed E-state index contributed by atoms with van der Waals surface area (Å²) in [5, 5.41) is 7.34. The van der Waals surface area contributed by atoms with Crippen molar-refractivity contribution < 1.29 is 28.7 Å². The number of nitrogens with one attached hydrogen (secondary N) is 2. The van der Waals surface area contributed by atoms with Gasteiger partial charge >= 0.3 is 0 Å². The third-order valence-corrected chi connectivity index (χ3v) is 11.3. The van der Waals surface area contributed by atoms with Crippen molar-refractivity contribution >= 4 is 35.0 Å². The molecular formula is C32H36N6O6. The van der Waals surface area contributed by atoms with Crippen molar-refractivity contribution in [1.82, 2.24) is 19.6 Å². The number of hydrogen-bond acceptors (Lipinski definition) is 8. The summed E-state index contributed by atoms with van der Waals surface area (Å²) in [5.41, 5.74) is 2.01. The molecule has 6 heterocycles. The zero-order valence-corrected chi connectivity index (χ0v) is 25.1. The van der Waals surface area contributed by atoms with Crippen LogP contribution in [0.15, 0.2) is 48.5 Å². The molecular weight excluding hydrogens is 564 g/mol. The van der Waals surface area contributed by atoms with Crippen LogP contribution in [0.5, 0.6) is 0 Å². The molecule has 8 rings (SSSR count). The van der Waals surface area contributed by atoms with Crippen LogP contribution >= 0.6 is 0 Å². The van der Waals surface area contributed by atoms with E-state index in [0.717, 1.165) is 22.5 Å². The lowest BCUT2D eigenvalue weighted by atomic mass is 9.54. The maximum absolute atomic E-state index is 14.3. The molecule has 230 valence electrons. The van der Waals surface area contributed by atoms with Crippen LogP contribution in [0, 0.1) is 0 Å². The molecule has 0 spiro atoms. The second-order valence-corrected chi connectivity index (χ2v) is 12.9. The quantitative estimate of drug-likeness (QED) is 0.510. The second kappa shape index (κ2) is 9.18. The van der Waals surface area contributed by atoms with E-state index in [1.807, 2.05) is 36.4 Å². The maximum atomic E-state index is 14.3. The molecule has 0 bridgehead atoms. The Kier molecular flexibility index (Phi) is 5.71. The number of hydrogen-bond donors (Lipinski definition) is 2. The number of fused-ring (bicyclic) bond motifs is 11. The highest BCUT2D eigenvalue weighted by molar-refractivity contribution is 6.01. The first-order chi connectivity index (χ1) is 21.2. The Morgan fingerprint density at radius 3 is 1.43 bits per heavy atom. The first-order valence-corrected chi connectivity index (χ1v) is 15.1. The lowest BCUT2D eigenvalue weighted by molar-refractivity contribution is -0.161. The standard InChI is InChI=1S/C32H36N6O6/c1-35-23(15-43-3)27(41)37-21(25(35)39)13-31(17-9-5-7-11-19(17)33-29(31)37)32-14-22-26(40)36(2)24(16-44-4)28(42)38(22)30(32)34-20-12-8-6-10-18(20)32/h5-12,21-24,29-30,33-34H,13-16H2,1-4H3/t21-,22-,23-,24-,29+,30+,31-,32?/m0/s1. The van der Waals surface area contributed by atoms with Crippen molar-refractivity contribution in [1.29, 1.82) is 0 Å². The van der Waals surface area contributed by atoms with Gasteiger partial charge in [-0.15, -0.1) is 0 Å². The van der Waals surface area contributed by atoms with E-state index in [-0.39, 0.29) is 36.8 Å². The van der Waals surface area contributed by atoms with Gasteiger partial charge in [0.05, 0.1) is 24.0 Å². The average molecular weight is 601 g/mol. The first kappa shape index (κ1) is 27.4. The molecule has 6 aliphatic heterocycles. The molecule has 12 nitrogen and oxygen atoms in total. The molecule has 0 aliphatic carbocycles. The van der Waals surface area contributed by atoms with Crippen LogP contribution in [-0.4, -0.2) is 121 Å². The zero-order chi connectivity index (χ0) is 30.7. The smallest absolute Gasteiger partial charge is 0.250 e. The topological polar surface area (TPSA) is 124 Å². The second-order valence-electron chi connectivity index (χ2n) is 12.9. The largest absolute Gasteiger partial charge is 0.382 e. The van der Waals surface area contributed by atoms with Crippen molar-refractivity contribution in [3.8, 4) is 0 Å². The summed E-state index contributed by atoms with van der Waals surface area (Å²) in [6, 6.07) is 13.0. The van der Waals surface area contributed by atoms with Crippen LogP contribution in [0.25, 0.3) is 0 Å². The molecule has 44 heavy (non-hydrogen) atoms. The number of amides is 4. The SMILES string of the molecule is COC[C@H]1C(=O)N2[C@H]3Nc4ccccc4C3([C@]34C[C@H]5C(=O)N(C)[C@@H](COC)C(=O)N5[C@H]3Nc3ccccc34)C[C@H]2C(=O)N1C. The Bertz CT molecular complexity index is 1500. The third-order valence-electron chi connectivity index (χ3n) is 11.3. The lowest BCUT2D eigenvalue weighted by Gasteiger charge is -2.48. The molecule has 2 aromatic carbocycles. The van der Waals surface area contributed by atoms with Crippen molar-refractivity contribution in [3.63, 3.8) is 0 Å². The van der Waals surface area contributed by atoms with Crippen LogP contribution < -0.4 is 10.6 Å². The van der Waals surface area contributed by atoms with E-state index in [4.69, 9.17) is 9.47 Å². The van der Waals surface area contributed by atoms with Gasteiger partial charge in [-0.2, -0.15) is 0 Å². The van der Waals surface area contributed by atoms with Gasteiger partial charge in [-0.3, -0.25) is 19.2 Å². The molecule has 2 aromatic rings. The number of ether oxygens (including phenoxy) is 2. The van der Waals surface area contributed by atoms with Crippen LogP contribution in [0.4, 0.5) is 11.4 Å². The minimum atomic E-state index is -0.861. The van der Waals surface area contributed by atoms with E-state index < -0.39 is 47.3 Å². The molecule has 8 atom stereocenters. The van der Waals surface area contributed by atoms with Gasteiger partial charge in [0.2, 0.25) is 23.6 Å². The number of rotatable bonds is 5. The fraction of sp³-hybridized carbons (Fsp3) is 0.500. The summed E-state index contributed by atoms with van der Waals surface area (Å²) in [4.78, 5) is 63.3. The minimum absolute atomic E-state index is 0.0845. The normalized spacial score (nSPS) is 36.5. The molecule has 0 radical (unpaired) electrons. The molecule has 4 fully saturated rings. The van der Waals surface area contributed by atoms with Gasteiger partial charge in [0.25, 0.3) is 0 Å². The number of piperazine rings is 2. The number of anilines is 2. The van der Waals surface area contributed by atoms with E-state index in [1.54, 1.807) is 23.9 Å². The van der Waals surface area contributed by atoms with E-state index in [2.05, 4.69) is 22.8 Å². The molecule has 2 N–H and O–H groups in total. The summed E-state index contributed by atoms with van der Waals surface area (Å²) in [6.45, 7) is 0.169. The van der Waals surface area contributed by atoms with E-state index >= 15 is 0 Å². The third kappa shape index (κ3) is 3.00. The Morgan fingerprint density at radius 1 is 0.659 bits per heavy atom. The molecule has 0 saturated carbocycles. The highest BCUT2D eigenvalue weighted by Crippen LogP contribution is 2.69. The van der Waals surface area contributed by atoms with Crippen molar-refractivity contribution in [2.24, 2.45) is 0 Å². The molecule has 0 aromatic heterocycles. The summed E-state index contributed by atoms with van der Waals surface area (Å²) in [7, 11) is 6.37. The number of benzene rings is 2. The molecule has 12 heteroatoms. The highest BCUT2D eigenvalue weighted by atomic mass is 16.5. The van der Waals surface area contributed by atoms with E-state index in [9.17, 15) is 19.2 Å². The van der Waals surface area contributed by atoms with Crippen molar-refractivity contribution in [3.05, 3.63) is 59.7 Å². The number of carbonyl (C=O) groups excluding carboxylic acids is 4. The number of para-hydroxylation sites is 2. The Morgan fingerprint density at radius 2 is 1.05 bits per heavy atom. The fourth-order valence-corrected chi connectivity index (χ4v) is 9.50. The van der Waals surface area contributed by atoms with Gasteiger partial charge < -0.3 is 39.7 Å². The summed E-state index contributed by atoms with van der Waals surface area (Å²) in [6.07, 6.45) is -0.514. The van der Waals surface area contributed by atoms with Gasteiger partial charge in [0, 0.05) is 39.7 Å². The van der Waals surface area contributed by atoms with Gasteiger partial charge in [0.1, 0.15) is 36.5 Å². The Hall–Kier alpha value is -4.16. The predicted octanol–water partition coefficient (Wildman–Crippen LogP) is 0.541. The molecule has 1 unspecified atom stereocenters. The van der Waals surface area contributed by atoms with E-state index in [0.29, 0.717) is 12.8 Å². The fourth-order valence-electron chi connectivity index (χ4n) is 9.50. The van der Waals surface area contributed by atoms with E-state index in [1.165, 1.54) is 24.0 Å². The summed E-state index contributed by atoms with van der Waals surface area (Å²) >= 11 is 0. The number of methoxy groups -OCH3 is 2. The lowest BCUT2D eigenvalue weighted by Crippen LogP contribution is -2.67. The van der Waals surface area contributed by atoms with Crippen molar-refractivity contribution in [2.75, 3.05) is 52.2 Å². The van der Waals surface area contributed by atoms with Crippen LogP contribution in [-0.2, 0) is 39.5 Å². The monoisotopic (exact) mass is 600 g/mol. The molecule has 4 amide bonds. The Balaban J connectivity index is 1.38. The summed E-state index contributed by atoms with van der Waals surface area (Å²) < 4.78 is 10.8. The number of likely N-dealkylation sites (N-methyl/N-ethyl adjacent to an activating group) is 2. The molecule has 4 saturated heterocycles. The van der Waals surface area contributed by atoms with Crippen molar-refractivity contribution in [2.45, 2.75) is 60.2 Å². The van der Waals surface area contributed by atoms with Gasteiger partial charge in [-0.1, -0.05) is 36.4 Å². The highest BCUT2D eigenvalue weighted by Gasteiger charge is 2.78. The number of carbonyl (C=O) groups is 4. The predicted molar refractivity (Wildman–Crippen MR) is 158 cm³/mol. The maximum Gasteiger partial charge on any atom is 0.250 e. The number of nitrogens with zero attached hydrogens (tertiary/aromatic N) is 4. The van der Waals surface area contributed by atoms with Gasteiger partial charge in [-0.05, 0) is 36.1 Å². The minimum Gasteiger partial charge on any atom is -0.382 e. The van der Waals surface area contributed by atoms with Crippen LogP contribution in [0.1, 0.15) is 24.0 Å². The van der Waals surface area contributed by atoms with Gasteiger partial charge in [-0.25, -0.2) is 0 Å². The Labute approximate surface area is 255 Å². The first-order valence-electron chi connectivity index (χ1n) is 15.1. The average Bonchev–Trinajstić information content (AvgIpc) is 3.73. The van der Waals surface area contributed by atoms with Crippen LogP contribution in [0.2, 0.25) is 0 Å². The van der Waals surface area contributed by atoms with Crippen LogP contribution in [0.3, 0.4) is 0 Å². The zero-order valence-electron chi connectivity index (χ0n) is 25.1.